The first-order valence-corrected chi connectivity index (χ1v) is 11.2. The normalized spacial score (nSPS) is 15.7. The third kappa shape index (κ3) is 3.64. The molecule has 5 nitrogen and oxygen atoms in total. The summed E-state index contributed by atoms with van der Waals surface area (Å²) in [5.74, 6) is 0. The lowest BCUT2D eigenvalue weighted by molar-refractivity contribution is -0.137. The number of halogens is 5. The maximum Gasteiger partial charge on any atom is 0.416 e. The summed E-state index contributed by atoms with van der Waals surface area (Å²) in [5, 5.41) is 2.79. The van der Waals surface area contributed by atoms with Gasteiger partial charge < -0.3 is 10.2 Å². The van der Waals surface area contributed by atoms with Gasteiger partial charge in [-0.1, -0.05) is 29.3 Å². The molecule has 0 aliphatic carbocycles. The molecule has 1 saturated heterocycles. The van der Waals surface area contributed by atoms with E-state index in [4.69, 9.17) is 23.2 Å². The Bertz CT molecular complexity index is 1200. The fourth-order valence-corrected chi connectivity index (χ4v) is 6.10. The van der Waals surface area contributed by atoms with Gasteiger partial charge in [0.05, 0.1) is 21.1 Å². The molecule has 0 unspecified atom stereocenters. The average Bonchev–Trinajstić information content (AvgIpc) is 3.12. The summed E-state index contributed by atoms with van der Waals surface area (Å²) in [4.78, 5) is 1.58. The number of alkyl halides is 3. The summed E-state index contributed by atoms with van der Waals surface area (Å²) in [7, 11) is -4.34. The van der Waals surface area contributed by atoms with Crippen LogP contribution in [0.2, 0.25) is 10.0 Å². The first kappa shape index (κ1) is 21.3. The van der Waals surface area contributed by atoms with Crippen molar-refractivity contribution in [3.63, 3.8) is 0 Å². The molecule has 2 aromatic carbocycles. The minimum Gasteiger partial charge on any atom is -0.368 e. The molecule has 3 aromatic rings. The van der Waals surface area contributed by atoms with Crippen molar-refractivity contribution in [2.24, 2.45) is 0 Å². The fourth-order valence-electron chi connectivity index (χ4n) is 3.59. The Morgan fingerprint density at radius 2 is 1.63 bits per heavy atom. The number of benzene rings is 2. The van der Waals surface area contributed by atoms with Gasteiger partial charge in [-0.05, 0) is 30.3 Å². The quantitative estimate of drug-likeness (QED) is 0.598. The van der Waals surface area contributed by atoms with Gasteiger partial charge >= 0.3 is 6.18 Å². The van der Waals surface area contributed by atoms with Crippen molar-refractivity contribution < 1.29 is 21.6 Å². The van der Waals surface area contributed by atoms with Crippen LogP contribution in [0.4, 0.5) is 18.9 Å². The molecule has 160 valence electrons. The molecule has 1 aliphatic rings. The second-order valence-electron chi connectivity index (χ2n) is 6.83. The highest BCUT2D eigenvalue weighted by molar-refractivity contribution is 7.90. The molecule has 0 radical (unpaired) electrons. The molecule has 1 fully saturated rings. The van der Waals surface area contributed by atoms with Crippen molar-refractivity contribution in [1.29, 1.82) is 0 Å². The molecule has 0 bridgehead atoms. The molecular formula is C19H16Cl2F3N3O2S. The molecule has 0 spiro atoms. The molecule has 1 N–H and O–H groups in total. The standard InChI is InChI=1S/C19H16Cl2F3N3O2S/c20-14-10-12(19(22,23)24)11-15(21)18(14)30(28,29)27-7-4-13-16(2-1-3-17(13)27)26-8-5-25-6-9-26/h1-4,7,10-11,25H,5-6,8-9H2. The zero-order valence-electron chi connectivity index (χ0n) is 15.4. The van der Waals surface area contributed by atoms with Crippen molar-refractivity contribution >= 4 is 49.8 Å². The molecule has 1 aliphatic heterocycles. The Labute approximate surface area is 181 Å². The molecule has 2 heterocycles. The van der Waals surface area contributed by atoms with Crippen molar-refractivity contribution in [3.8, 4) is 0 Å². The number of nitrogens with one attached hydrogen (secondary N) is 1. The Kier molecular flexibility index (Phi) is 5.42. The van der Waals surface area contributed by atoms with Crippen LogP contribution in [-0.2, 0) is 16.2 Å². The zero-order chi connectivity index (χ0) is 21.7. The first-order valence-electron chi connectivity index (χ1n) is 8.98. The number of piperazine rings is 1. The zero-order valence-corrected chi connectivity index (χ0v) is 17.7. The molecular weight excluding hydrogens is 462 g/mol. The van der Waals surface area contributed by atoms with Crippen LogP contribution in [0.25, 0.3) is 10.9 Å². The van der Waals surface area contributed by atoms with E-state index in [1.54, 1.807) is 18.2 Å². The predicted molar refractivity (Wildman–Crippen MR) is 111 cm³/mol. The van der Waals surface area contributed by atoms with Crippen LogP contribution in [0.3, 0.4) is 0 Å². The van der Waals surface area contributed by atoms with Crippen molar-refractivity contribution in [2.45, 2.75) is 11.1 Å². The molecule has 0 saturated carbocycles. The van der Waals surface area contributed by atoms with Crippen LogP contribution < -0.4 is 10.2 Å². The van der Waals surface area contributed by atoms with Crippen molar-refractivity contribution in [2.75, 3.05) is 31.1 Å². The summed E-state index contributed by atoms with van der Waals surface area (Å²) in [6, 6.07) is 8.07. The van der Waals surface area contributed by atoms with Crippen LogP contribution in [0.5, 0.6) is 0 Å². The Morgan fingerprint density at radius 3 is 2.23 bits per heavy atom. The van der Waals surface area contributed by atoms with Gasteiger partial charge in [-0.3, -0.25) is 0 Å². The van der Waals surface area contributed by atoms with Crippen molar-refractivity contribution in [1.82, 2.24) is 9.29 Å². The van der Waals surface area contributed by atoms with Gasteiger partial charge in [0.15, 0.2) is 0 Å². The van der Waals surface area contributed by atoms with E-state index in [9.17, 15) is 21.6 Å². The highest BCUT2D eigenvalue weighted by Gasteiger charge is 2.34. The summed E-state index contributed by atoms with van der Waals surface area (Å²) >= 11 is 11.9. The molecule has 0 amide bonds. The summed E-state index contributed by atoms with van der Waals surface area (Å²) in [5.41, 5.74) is 0.153. The maximum atomic E-state index is 13.3. The van der Waals surface area contributed by atoms with E-state index in [0.29, 0.717) is 23.0 Å². The first-order chi connectivity index (χ1) is 14.1. The van der Waals surface area contributed by atoms with E-state index in [-0.39, 0.29) is 0 Å². The average molecular weight is 478 g/mol. The highest BCUT2D eigenvalue weighted by Crippen LogP contribution is 2.39. The topological polar surface area (TPSA) is 54.3 Å². The lowest BCUT2D eigenvalue weighted by Crippen LogP contribution is -2.43. The van der Waals surface area contributed by atoms with E-state index in [2.05, 4.69) is 10.2 Å². The molecule has 30 heavy (non-hydrogen) atoms. The van der Waals surface area contributed by atoms with Crippen LogP contribution >= 0.6 is 23.2 Å². The fraction of sp³-hybridized carbons (Fsp3) is 0.263. The van der Waals surface area contributed by atoms with Crippen LogP contribution in [0, 0.1) is 0 Å². The third-order valence-electron chi connectivity index (χ3n) is 4.97. The van der Waals surface area contributed by atoms with Gasteiger partial charge in [0.2, 0.25) is 0 Å². The number of hydrogen-bond acceptors (Lipinski definition) is 4. The Hall–Kier alpha value is -1.94. The monoisotopic (exact) mass is 477 g/mol. The van der Waals surface area contributed by atoms with E-state index in [1.807, 2.05) is 6.07 Å². The molecule has 4 rings (SSSR count). The second kappa shape index (κ2) is 7.64. The van der Waals surface area contributed by atoms with Crippen LogP contribution in [-0.4, -0.2) is 38.6 Å². The van der Waals surface area contributed by atoms with Crippen LogP contribution in [0.1, 0.15) is 5.56 Å². The minimum atomic E-state index is -4.70. The minimum absolute atomic E-state index is 0.387. The van der Waals surface area contributed by atoms with Gasteiger partial charge in [-0.15, -0.1) is 0 Å². The van der Waals surface area contributed by atoms with Gasteiger partial charge in [0.25, 0.3) is 10.0 Å². The third-order valence-corrected chi connectivity index (χ3v) is 7.59. The van der Waals surface area contributed by atoms with E-state index < -0.39 is 36.7 Å². The van der Waals surface area contributed by atoms with E-state index >= 15 is 0 Å². The number of nitrogens with zero attached hydrogens (tertiary/aromatic N) is 2. The maximum absolute atomic E-state index is 13.3. The number of hydrogen-bond donors (Lipinski definition) is 1. The SMILES string of the molecule is O=S(=O)(c1c(Cl)cc(C(F)(F)F)cc1Cl)n1ccc2c(N3CCNCC3)cccc21. The lowest BCUT2D eigenvalue weighted by atomic mass is 10.2. The lowest BCUT2D eigenvalue weighted by Gasteiger charge is -2.30. The second-order valence-corrected chi connectivity index (χ2v) is 9.40. The van der Waals surface area contributed by atoms with Crippen molar-refractivity contribution in [3.05, 3.63) is 58.2 Å². The number of fused-ring (bicyclic) bond motifs is 1. The number of aromatic nitrogens is 1. The van der Waals surface area contributed by atoms with Gasteiger partial charge in [0.1, 0.15) is 4.90 Å². The Balaban J connectivity index is 1.85. The number of rotatable bonds is 3. The summed E-state index contributed by atoms with van der Waals surface area (Å²) < 4.78 is 66.6. The highest BCUT2D eigenvalue weighted by atomic mass is 35.5. The predicted octanol–water partition coefficient (Wildman–Crippen LogP) is 4.61. The van der Waals surface area contributed by atoms with Gasteiger partial charge in [0, 0.05) is 43.4 Å². The summed E-state index contributed by atoms with van der Waals surface area (Å²) in [6.07, 6.45) is -3.34. The Morgan fingerprint density at radius 1 is 1.00 bits per heavy atom. The largest absolute Gasteiger partial charge is 0.416 e. The van der Waals surface area contributed by atoms with Crippen LogP contribution in [0.15, 0.2) is 47.5 Å². The van der Waals surface area contributed by atoms with E-state index in [0.717, 1.165) is 35.8 Å². The molecule has 11 heteroatoms. The van der Waals surface area contributed by atoms with Gasteiger partial charge in [-0.2, -0.15) is 13.2 Å². The smallest absolute Gasteiger partial charge is 0.368 e. The van der Waals surface area contributed by atoms with Gasteiger partial charge in [-0.25, -0.2) is 12.4 Å². The summed E-state index contributed by atoms with van der Waals surface area (Å²) in [6.45, 7) is 3.17. The molecule has 0 atom stereocenters. The van der Waals surface area contributed by atoms with E-state index in [1.165, 1.54) is 6.20 Å². The number of anilines is 1. The molecule has 1 aromatic heterocycles.